The lowest BCUT2D eigenvalue weighted by Crippen LogP contribution is -2.33. The van der Waals surface area contributed by atoms with Gasteiger partial charge >= 0.3 is 0 Å². The van der Waals surface area contributed by atoms with Crippen LogP contribution in [0.25, 0.3) is 0 Å². The maximum atomic E-state index is 13.4. The van der Waals surface area contributed by atoms with Crippen LogP contribution in [-0.2, 0) is 11.2 Å². The molecular formula is C15H19ClFNO. The molecule has 2 unspecified atom stereocenters. The molecule has 1 aliphatic rings. The van der Waals surface area contributed by atoms with Gasteiger partial charge in [-0.15, -0.1) is 11.6 Å². The second-order valence-corrected chi connectivity index (χ2v) is 5.82. The molecule has 0 bridgehead atoms. The fourth-order valence-corrected chi connectivity index (χ4v) is 2.95. The number of benzene rings is 1. The Morgan fingerprint density at radius 1 is 1.37 bits per heavy atom. The Bertz CT molecular complexity index is 438. The quantitative estimate of drug-likeness (QED) is 0.844. The van der Waals surface area contributed by atoms with Gasteiger partial charge in [-0.2, -0.15) is 0 Å². The molecule has 0 radical (unpaired) electrons. The van der Waals surface area contributed by atoms with Crippen molar-refractivity contribution in [1.82, 2.24) is 5.32 Å². The number of hydrogen-bond acceptors (Lipinski definition) is 1. The summed E-state index contributed by atoms with van der Waals surface area (Å²) >= 11 is 6.11. The Balaban J connectivity index is 1.77. The molecule has 0 aliphatic heterocycles. The van der Waals surface area contributed by atoms with Gasteiger partial charge in [0, 0.05) is 11.9 Å². The van der Waals surface area contributed by atoms with Gasteiger partial charge in [0.15, 0.2) is 0 Å². The molecule has 104 valence electrons. The number of amides is 1. The van der Waals surface area contributed by atoms with Gasteiger partial charge < -0.3 is 5.32 Å². The van der Waals surface area contributed by atoms with Crippen LogP contribution < -0.4 is 5.32 Å². The third-order valence-corrected chi connectivity index (χ3v) is 4.01. The van der Waals surface area contributed by atoms with E-state index in [1.54, 1.807) is 18.2 Å². The highest BCUT2D eigenvalue weighted by atomic mass is 35.5. The largest absolute Gasteiger partial charge is 0.356 e. The van der Waals surface area contributed by atoms with Crippen LogP contribution in [0.3, 0.4) is 0 Å². The van der Waals surface area contributed by atoms with Gasteiger partial charge in [-0.05, 0) is 36.8 Å². The summed E-state index contributed by atoms with van der Waals surface area (Å²) in [5.74, 6) is 0.0127. The smallest absolute Gasteiger partial charge is 0.224 e. The van der Waals surface area contributed by atoms with Gasteiger partial charge in [0.1, 0.15) is 5.82 Å². The first-order valence-electron chi connectivity index (χ1n) is 6.79. The molecule has 1 aromatic carbocycles. The minimum absolute atomic E-state index is 0.101. The second kappa shape index (κ2) is 6.90. The van der Waals surface area contributed by atoms with Crippen molar-refractivity contribution in [2.75, 3.05) is 6.54 Å². The van der Waals surface area contributed by atoms with Crippen molar-refractivity contribution in [3.05, 3.63) is 35.6 Å². The monoisotopic (exact) mass is 283 g/mol. The lowest BCUT2D eigenvalue weighted by molar-refractivity contribution is -0.120. The third-order valence-electron chi connectivity index (χ3n) is 3.62. The highest BCUT2D eigenvalue weighted by Crippen LogP contribution is 2.27. The zero-order valence-corrected chi connectivity index (χ0v) is 11.6. The number of carbonyl (C=O) groups is 1. The van der Waals surface area contributed by atoms with Crippen LogP contribution >= 0.6 is 11.6 Å². The molecule has 0 aromatic heterocycles. The van der Waals surface area contributed by atoms with Crippen molar-refractivity contribution >= 4 is 17.5 Å². The number of halogens is 2. The average Bonchev–Trinajstić information content (AvgIpc) is 2.39. The van der Waals surface area contributed by atoms with Gasteiger partial charge in [0.25, 0.3) is 0 Å². The number of carbonyl (C=O) groups excluding carboxylic acids is 1. The van der Waals surface area contributed by atoms with E-state index in [2.05, 4.69) is 5.32 Å². The minimum atomic E-state index is -0.323. The summed E-state index contributed by atoms with van der Waals surface area (Å²) in [5, 5.41) is 3.12. The second-order valence-electron chi connectivity index (χ2n) is 5.20. The molecule has 1 aliphatic carbocycles. The molecule has 1 aromatic rings. The van der Waals surface area contributed by atoms with Crippen LogP contribution in [0.15, 0.2) is 24.3 Å². The van der Waals surface area contributed by atoms with Crippen molar-refractivity contribution in [3.8, 4) is 0 Å². The number of hydrogen-bond donors (Lipinski definition) is 1. The van der Waals surface area contributed by atoms with E-state index in [-0.39, 0.29) is 23.5 Å². The average molecular weight is 284 g/mol. The van der Waals surface area contributed by atoms with E-state index < -0.39 is 0 Å². The van der Waals surface area contributed by atoms with Crippen LogP contribution in [-0.4, -0.2) is 17.8 Å². The molecule has 1 N–H and O–H groups in total. The Morgan fingerprint density at radius 3 is 2.89 bits per heavy atom. The Morgan fingerprint density at radius 2 is 2.16 bits per heavy atom. The molecule has 0 spiro atoms. The van der Waals surface area contributed by atoms with Gasteiger partial charge in [-0.3, -0.25) is 4.79 Å². The molecule has 2 rings (SSSR count). The fraction of sp³-hybridized carbons (Fsp3) is 0.533. The first kappa shape index (κ1) is 14.3. The van der Waals surface area contributed by atoms with Gasteiger partial charge in [-0.1, -0.05) is 24.6 Å². The van der Waals surface area contributed by atoms with E-state index in [4.69, 9.17) is 11.6 Å². The predicted molar refractivity (Wildman–Crippen MR) is 74.7 cm³/mol. The van der Waals surface area contributed by atoms with Crippen LogP contribution in [0.1, 0.15) is 31.2 Å². The third kappa shape index (κ3) is 4.50. The number of rotatable bonds is 4. The maximum Gasteiger partial charge on any atom is 0.224 e. The topological polar surface area (TPSA) is 29.1 Å². The maximum absolute atomic E-state index is 13.4. The Hall–Kier alpha value is -1.09. The number of nitrogens with one attached hydrogen (secondary N) is 1. The summed E-state index contributed by atoms with van der Waals surface area (Å²) in [5.41, 5.74) is 0.443. The van der Waals surface area contributed by atoms with Gasteiger partial charge in [0.2, 0.25) is 5.91 Å². The highest BCUT2D eigenvalue weighted by molar-refractivity contribution is 6.20. The van der Waals surface area contributed by atoms with E-state index in [1.165, 1.54) is 6.07 Å². The standard InChI is InChI=1S/C15H19ClFNO/c16-13-6-3-4-11(8-13)10-18-15(19)9-12-5-1-2-7-14(12)17/h1-2,5,7,11,13H,3-4,6,8-10H2,(H,18,19). The normalized spacial score (nSPS) is 23.1. The molecular weight excluding hydrogens is 265 g/mol. The zero-order chi connectivity index (χ0) is 13.7. The van der Waals surface area contributed by atoms with Crippen LogP contribution in [0.4, 0.5) is 4.39 Å². The first-order chi connectivity index (χ1) is 9.15. The molecule has 2 atom stereocenters. The van der Waals surface area contributed by atoms with Crippen molar-refractivity contribution in [1.29, 1.82) is 0 Å². The molecule has 2 nitrogen and oxygen atoms in total. The first-order valence-corrected chi connectivity index (χ1v) is 7.23. The fourth-order valence-electron chi connectivity index (χ4n) is 2.55. The minimum Gasteiger partial charge on any atom is -0.356 e. The molecule has 1 saturated carbocycles. The molecule has 0 saturated heterocycles. The van der Waals surface area contributed by atoms with E-state index in [9.17, 15) is 9.18 Å². The summed E-state index contributed by atoms with van der Waals surface area (Å²) in [6.45, 7) is 0.649. The van der Waals surface area contributed by atoms with E-state index in [1.807, 2.05) is 0 Å². The molecule has 1 amide bonds. The van der Waals surface area contributed by atoms with E-state index >= 15 is 0 Å². The van der Waals surface area contributed by atoms with E-state index in [0.29, 0.717) is 18.0 Å². The lowest BCUT2D eigenvalue weighted by Gasteiger charge is -2.25. The van der Waals surface area contributed by atoms with Crippen molar-refractivity contribution in [2.45, 2.75) is 37.5 Å². The van der Waals surface area contributed by atoms with Crippen LogP contribution in [0.5, 0.6) is 0 Å². The summed E-state index contributed by atoms with van der Waals surface area (Å²) in [6, 6.07) is 6.39. The Labute approximate surface area is 118 Å². The number of alkyl halides is 1. The van der Waals surface area contributed by atoms with Crippen molar-refractivity contribution in [3.63, 3.8) is 0 Å². The SMILES string of the molecule is O=C(Cc1ccccc1F)NCC1CCCC(Cl)C1. The van der Waals surface area contributed by atoms with Gasteiger partial charge in [-0.25, -0.2) is 4.39 Å². The van der Waals surface area contributed by atoms with Crippen LogP contribution in [0.2, 0.25) is 0 Å². The summed E-state index contributed by atoms with van der Waals surface area (Å²) in [4.78, 5) is 11.8. The van der Waals surface area contributed by atoms with Crippen molar-refractivity contribution < 1.29 is 9.18 Å². The van der Waals surface area contributed by atoms with E-state index in [0.717, 1.165) is 25.7 Å². The molecule has 4 heteroatoms. The summed E-state index contributed by atoms with van der Waals surface area (Å²) in [7, 11) is 0. The Kier molecular flexibility index (Phi) is 5.20. The van der Waals surface area contributed by atoms with Gasteiger partial charge in [0.05, 0.1) is 6.42 Å². The summed E-state index contributed by atoms with van der Waals surface area (Å²) < 4.78 is 13.4. The molecule has 0 heterocycles. The predicted octanol–water partition coefficient (Wildman–Crippen LogP) is 3.28. The lowest BCUT2D eigenvalue weighted by atomic mass is 9.89. The van der Waals surface area contributed by atoms with Crippen molar-refractivity contribution in [2.24, 2.45) is 5.92 Å². The summed E-state index contributed by atoms with van der Waals surface area (Å²) in [6.07, 6.45) is 4.37. The molecule has 1 fully saturated rings. The zero-order valence-electron chi connectivity index (χ0n) is 10.9. The molecule has 19 heavy (non-hydrogen) atoms. The van der Waals surface area contributed by atoms with Crippen LogP contribution in [0, 0.1) is 11.7 Å². The highest BCUT2D eigenvalue weighted by Gasteiger charge is 2.20.